The lowest BCUT2D eigenvalue weighted by Gasteiger charge is -2.19. The van der Waals surface area contributed by atoms with Gasteiger partial charge >= 0.3 is 0 Å². The molecular formula is C28H43ClN2O6. The van der Waals surface area contributed by atoms with Crippen LogP contribution in [-0.2, 0) is 23.9 Å². The topological polar surface area (TPSA) is 96.4 Å². The van der Waals surface area contributed by atoms with Crippen molar-refractivity contribution >= 4 is 29.3 Å². The maximum absolute atomic E-state index is 12.5. The van der Waals surface area contributed by atoms with Gasteiger partial charge < -0.3 is 19.5 Å². The first-order chi connectivity index (χ1) is 17.7. The van der Waals surface area contributed by atoms with Gasteiger partial charge in [-0.25, -0.2) is 0 Å². The molecule has 1 atom stereocenters. The largest absolute Gasteiger partial charge is 0.501 e. The van der Waals surface area contributed by atoms with Gasteiger partial charge in [0.1, 0.15) is 11.5 Å². The molecule has 0 aromatic heterocycles. The Balaban J connectivity index is 2.44. The highest BCUT2D eigenvalue weighted by Gasteiger charge is 2.27. The molecule has 0 bridgehead atoms. The van der Waals surface area contributed by atoms with Crippen LogP contribution in [0.25, 0.3) is 0 Å². The number of carbonyl (C=O) groups is 3. The summed E-state index contributed by atoms with van der Waals surface area (Å²) in [4.78, 5) is 39.6. The monoisotopic (exact) mass is 538 g/mol. The van der Waals surface area contributed by atoms with Gasteiger partial charge in [-0.15, -0.1) is 0 Å². The van der Waals surface area contributed by atoms with Crippen molar-refractivity contribution in [1.29, 1.82) is 0 Å². The molecule has 208 valence electrons. The van der Waals surface area contributed by atoms with Crippen LogP contribution in [0.5, 0.6) is 0 Å². The summed E-state index contributed by atoms with van der Waals surface area (Å²) < 4.78 is 10.4. The van der Waals surface area contributed by atoms with E-state index in [9.17, 15) is 19.5 Å². The van der Waals surface area contributed by atoms with Crippen molar-refractivity contribution in [2.24, 2.45) is 0 Å². The van der Waals surface area contributed by atoms with Crippen molar-refractivity contribution in [3.05, 3.63) is 46.9 Å². The van der Waals surface area contributed by atoms with E-state index in [0.29, 0.717) is 36.4 Å². The molecule has 3 amide bonds. The van der Waals surface area contributed by atoms with E-state index in [1.165, 1.54) is 51.2 Å². The quantitative estimate of drug-likeness (QED) is 0.116. The molecule has 9 heteroatoms. The summed E-state index contributed by atoms with van der Waals surface area (Å²) in [6.07, 6.45) is 14.5. The lowest BCUT2D eigenvalue weighted by atomic mass is 10.1. The number of halogens is 1. The number of methoxy groups -OCH3 is 2. The standard InChI is InChI=1S/C28H43ClN2O6/c1-5-6-7-8-10-13-23(32)14-11-9-12-15-26(33)30(2)20-22(19-29)16-24(36-3)17-27(34)31-21-25(37-4)18-28(31)35/h9,11,17-19,23,32H,5-8,10,12-16,20-21H2,1-4H3/b11-9+,22-19-,24-17+. The second kappa shape index (κ2) is 18.6. The molecule has 8 nitrogen and oxygen atoms in total. The SMILES string of the molecule is CCCCCCCC(O)C/C=C/CCC(=O)N(C)C/C(=C\Cl)C/C(=C\C(=O)N1CC(OC)=CC1=O)OC. The van der Waals surface area contributed by atoms with E-state index < -0.39 is 11.8 Å². The van der Waals surface area contributed by atoms with E-state index in [-0.39, 0.29) is 31.5 Å². The zero-order chi connectivity index (χ0) is 27.6. The fourth-order valence-electron chi connectivity index (χ4n) is 3.82. The Morgan fingerprint density at radius 3 is 2.57 bits per heavy atom. The molecule has 0 saturated heterocycles. The van der Waals surface area contributed by atoms with Crippen LogP contribution in [0.1, 0.15) is 71.1 Å². The van der Waals surface area contributed by atoms with Crippen molar-refractivity contribution in [1.82, 2.24) is 9.80 Å². The van der Waals surface area contributed by atoms with Crippen LogP contribution in [0.3, 0.4) is 0 Å². The van der Waals surface area contributed by atoms with Gasteiger partial charge in [0.2, 0.25) is 5.91 Å². The first-order valence-electron chi connectivity index (χ1n) is 12.9. The number of unbranched alkanes of at least 4 members (excludes halogenated alkanes) is 4. The summed E-state index contributed by atoms with van der Waals surface area (Å²) in [6.45, 7) is 2.53. The number of likely N-dealkylation sites (N-methyl/N-ethyl adjacent to an activating group) is 1. The number of aliphatic hydroxyl groups is 1. The molecule has 1 aliphatic heterocycles. The van der Waals surface area contributed by atoms with E-state index in [1.807, 2.05) is 12.2 Å². The Morgan fingerprint density at radius 1 is 1.22 bits per heavy atom. The van der Waals surface area contributed by atoms with Gasteiger partial charge in [0.25, 0.3) is 11.8 Å². The van der Waals surface area contributed by atoms with Gasteiger partial charge in [0, 0.05) is 44.1 Å². The number of imide groups is 1. The fourth-order valence-corrected chi connectivity index (χ4v) is 3.96. The second-order valence-corrected chi connectivity index (χ2v) is 9.41. The Morgan fingerprint density at radius 2 is 1.95 bits per heavy atom. The average Bonchev–Trinajstić information content (AvgIpc) is 3.27. The number of hydrogen-bond acceptors (Lipinski definition) is 6. The molecule has 1 rings (SSSR count). The third-order valence-corrected chi connectivity index (χ3v) is 6.41. The first kappa shape index (κ1) is 32.4. The zero-order valence-corrected chi connectivity index (χ0v) is 23.5. The summed E-state index contributed by atoms with van der Waals surface area (Å²) in [6, 6.07) is 0. The number of hydrogen-bond donors (Lipinski definition) is 1. The van der Waals surface area contributed by atoms with Gasteiger partial charge in [0.15, 0.2) is 0 Å². The molecule has 0 spiro atoms. The minimum absolute atomic E-state index is 0.0444. The molecule has 1 unspecified atom stereocenters. The maximum Gasteiger partial charge on any atom is 0.257 e. The van der Waals surface area contributed by atoms with Crippen LogP contribution >= 0.6 is 11.6 Å². The number of nitrogens with zero attached hydrogens (tertiary/aromatic N) is 2. The summed E-state index contributed by atoms with van der Waals surface area (Å²) in [7, 11) is 4.56. The average molecular weight is 539 g/mol. The molecule has 0 aromatic carbocycles. The Hall–Kier alpha value is -2.58. The van der Waals surface area contributed by atoms with Gasteiger partial charge in [-0.05, 0) is 24.8 Å². The number of carbonyl (C=O) groups excluding carboxylic acids is 3. The summed E-state index contributed by atoms with van der Waals surface area (Å²) in [5, 5.41) is 10.1. The highest BCUT2D eigenvalue weighted by molar-refractivity contribution is 6.25. The van der Waals surface area contributed by atoms with Gasteiger partial charge in [-0.3, -0.25) is 19.3 Å². The van der Waals surface area contributed by atoms with E-state index in [4.69, 9.17) is 21.1 Å². The molecule has 0 fully saturated rings. The lowest BCUT2D eigenvalue weighted by Crippen LogP contribution is -2.32. The zero-order valence-electron chi connectivity index (χ0n) is 22.7. The maximum atomic E-state index is 12.5. The summed E-state index contributed by atoms with van der Waals surface area (Å²) in [5.41, 5.74) is 2.05. The second-order valence-electron chi connectivity index (χ2n) is 9.19. The highest BCUT2D eigenvalue weighted by Crippen LogP contribution is 2.18. The molecule has 37 heavy (non-hydrogen) atoms. The van der Waals surface area contributed by atoms with Crippen molar-refractivity contribution in [3.63, 3.8) is 0 Å². The van der Waals surface area contributed by atoms with Crippen LogP contribution in [0, 0.1) is 0 Å². The normalized spacial score (nSPS) is 15.2. The van der Waals surface area contributed by atoms with E-state index >= 15 is 0 Å². The Bertz CT molecular complexity index is 865. The van der Waals surface area contributed by atoms with Gasteiger partial charge in [-0.2, -0.15) is 0 Å². The minimum atomic E-state index is -0.517. The third-order valence-electron chi connectivity index (χ3n) is 6.10. The number of rotatable bonds is 18. The minimum Gasteiger partial charge on any atom is -0.501 e. The van der Waals surface area contributed by atoms with Crippen molar-refractivity contribution in [2.45, 2.75) is 77.2 Å². The Labute approximate surface area is 226 Å². The lowest BCUT2D eigenvalue weighted by molar-refractivity contribution is -0.137. The molecule has 0 aliphatic carbocycles. The predicted octanol–water partition coefficient (Wildman–Crippen LogP) is 4.83. The molecule has 1 N–H and O–H groups in total. The summed E-state index contributed by atoms with van der Waals surface area (Å²) >= 11 is 5.99. The molecule has 0 aromatic rings. The Kier molecular flexibility index (Phi) is 16.3. The van der Waals surface area contributed by atoms with Crippen LogP contribution in [-0.4, -0.2) is 73.1 Å². The number of aliphatic hydroxyl groups excluding tert-OH is 1. The van der Waals surface area contributed by atoms with Crippen molar-refractivity contribution in [3.8, 4) is 0 Å². The molecule has 1 aliphatic rings. The first-order valence-corrected chi connectivity index (χ1v) is 13.4. The van der Waals surface area contributed by atoms with Gasteiger partial charge in [-0.1, -0.05) is 62.8 Å². The number of amides is 3. The molecule has 1 heterocycles. The number of allylic oxidation sites excluding steroid dienone is 2. The smallest absolute Gasteiger partial charge is 0.257 e. The fraction of sp³-hybridized carbons (Fsp3) is 0.607. The van der Waals surface area contributed by atoms with Crippen LogP contribution < -0.4 is 0 Å². The van der Waals surface area contributed by atoms with Crippen molar-refractivity contribution < 1.29 is 29.0 Å². The molecule has 0 radical (unpaired) electrons. The molecular weight excluding hydrogens is 496 g/mol. The van der Waals surface area contributed by atoms with E-state index in [2.05, 4.69) is 6.92 Å². The number of ether oxygens (including phenoxy) is 2. The van der Waals surface area contributed by atoms with Gasteiger partial charge in [0.05, 0.1) is 26.9 Å². The van der Waals surface area contributed by atoms with Crippen LogP contribution in [0.4, 0.5) is 0 Å². The molecule has 0 saturated carbocycles. The van der Waals surface area contributed by atoms with Crippen LogP contribution in [0.15, 0.2) is 46.9 Å². The highest BCUT2D eigenvalue weighted by atomic mass is 35.5. The van der Waals surface area contributed by atoms with Crippen LogP contribution in [0.2, 0.25) is 0 Å². The summed E-state index contributed by atoms with van der Waals surface area (Å²) in [5.74, 6) is -0.272. The van der Waals surface area contributed by atoms with Crippen molar-refractivity contribution in [2.75, 3.05) is 34.4 Å². The third kappa shape index (κ3) is 13.0. The predicted molar refractivity (Wildman–Crippen MR) is 145 cm³/mol. The van der Waals surface area contributed by atoms with E-state index in [0.717, 1.165) is 24.2 Å². The van der Waals surface area contributed by atoms with E-state index in [1.54, 1.807) is 11.9 Å².